The third kappa shape index (κ3) is 2.34. The van der Waals surface area contributed by atoms with Crippen molar-refractivity contribution in [1.82, 2.24) is 4.57 Å². The first-order chi connectivity index (χ1) is 8.13. The zero-order valence-corrected chi connectivity index (χ0v) is 10.5. The van der Waals surface area contributed by atoms with Crippen LogP contribution in [0, 0.1) is 5.82 Å². The lowest BCUT2D eigenvalue weighted by Crippen LogP contribution is -2.06. The maximum Gasteiger partial charge on any atom is 0.125 e. The van der Waals surface area contributed by atoms with E-state index in [0.717, 1.165) is 16.6 Å². The number of nitrogens with zero attached hydrogens (tertiary/aromatic N) is 1. The highest BCUT2D eigenvalue weighted by Crippen LogP contribution is 2.25. The highest BCUT2D eigenvalue weighted by atomic mass is 19.1. The Hall–Kier alpha value is -1.35. The molecule has 17 heavy (non-hydrogen) atoms. The van der Waals surface area contributed by atoms with Gasteiger partial charge < -0.3 is 9.30 Å². The molecule has 0 amide bonds. The number of halogens is 1. The minimum absolute atomic E-state index is 0.194. The van der Waals surface area contributed by atoms with Gasteiger partial charge in [0.25, 0.3) is 0 Å². The molecule has 1 aromatic carbocycles. The Labute approximate surface area is 101 Å². The molecule has 0 N–H and O–H groups in total. The van der Waals surface area contributed by atoms with Crippen LogP contribution in [0.1, 0.15) is 32.5 Å². The smallest absolute Gasteiger partial charge is 0.125 e. The van der Waals surface area contributed by atoms with Crippen molar-refractivity contribution in [3.63, 3.8) is 0 Å². The maximum atomic E-state index is 13.3. The fourth-order valence-corrected chi connectivity index (χ4v) is 2.18. The average Bonchev–Trinajstić information content (AvgIpc) is 2.63. The largest absolute Gasteiger partial charge is 0.376 e. The summed E-state index contributed by atoms with van der Waals surface area (Å²) < 4.78 is 20.9. The van der Waals surface area contributed by atoms with Gasteiger partial charge in [-0.1, -0.05) is 0 Å². The standard InChI is InChI=1S/C14H18FNO/c1-4-17-9-13-7-11-5-6-12(15)8-14(11)16(13)10(2)3/h5-8,10H,4,9H2,1-3H3. The van der Waals surface area contributed by atoms with Gasteiger partial charge in [-0.2, -0.15) is 0 Å². The van der Waals surface area contributed by atoms with E-state index in [4.69, 9.17) is 4.74 Å². The number of benzene rings is 1. The van der Waals surface area contributed by atoms with Gasteiger partial charge in [0, 0.05) is 23.7 Å². The molecule has 0 saturated heterocycles. The van der Waals surface area contributed by atoms with E-state index in [-0.39, 0.29) is 5.82 Å². The minimum atomic E-state index is -0.194. The lowest BCUT2D eigenvalue weighted by molar-refractivity contribution is 0.128. The summed E-state index contributed by atoms with van der Waals surface area (Å²) in [4.78, 5) is 0. The summed E-state index contributed by atoms with van der Waals surface area (Å²) in [7, 11) is 0. The second-order valence-corrected chi connectivity index (χ2v) is 4.44. The fourth-order valence-electron chi connectivity index (χ4n) is 2.18. The van der Waals surface area contributed by atoms with Crippen molar-refractivity contribution >= 4 is 10.9 Å². The first-order valence-corrected chi connectivity index (χ1v) is 6.00. The van der Waals surface area contributed by atoms with Gasteiger partial charge in [0.05, 0.1) is 12.1 Å². The lowest BCUT2D eigenvalue weighted by Gasteiger charge is -2.14. The van der Waals surface area contributed by atoms with Crippen LogP contribution in [0.4, 0.5) is 4.39 Å². The molecule has 0 bridgehead atoms. The Balaban J connectivity index is 2.54. The van der Waals surface area contributed by atoms with Crippen LogP contribution in [0.25, 0.3) is 10.9 Å². The summed E-state index contributed by atoms with van der Waals surface area (Å²) >= 11 is 0. The molecule has 2 nitrogen and oxygen atoms in total. The number of ether oxygens (including phenoxy) is 1. The highest BCUT2D eigenvalue weighted by Gasteiger charge is 2.11. The van der Waals surface area contributed by atoms with E-state index < -0.39 is 0 Å². The number of aromatic nitrogens is 1. The number of fused-ring (bicyclic) bond motifs is 1. The summed E-state index contributed by atoms with van der Waals surface area (Å²) in [6, 6.07) is 7.27. The SMILES string of the molecule is CCOCc1cc2ccc(F)cc2n1C(C)C. The Bertz CT molecular complexity index is 516. The molecule has 2 rings (SSSR count). The van der Waals surface area contributed by atoms with Crippen LogP contribution in [-0.4, -0.2) is 11.2 Å². The molecule has 0 saturated carbocycles. The topological polar surface area (TPSA) is 14.2 Å². The van der Waals surface area contributed by atoms with E-state index in [1.165, 1.54) is 6.07 Å². The quantitative estimate of drug-likeness (QED) is 0.784. The van der Waals surface area contributed by atoms with E-state index in [1.807, 2.05) is 13.0 Å². The van der Waals surface area contributed by atoms with Crippen molar-refractivity contribution in [3.8, 4) is 0 Å². The molecule has 0 fully saturated rings. The van der Waals surface area contributed by atoms with E-state index >= 15 is 0 Å². The van der Waals surface area contributed by atoms with E-state index in [0.29, 0.717) is 19.3 Å². The first-order valence-electron chi connectivity index (χ1n) is 6.00. The Morgan fingerprint density at radius 3 is 2.71 bits per heavy atom. The molecule has 0 spiro atoms. The number of rotatable bonds is 4. The van der Waals surface area contributed by atoms with Gasteiger partial charge in [-0.05, 0) is 45.0 Å². The molecule has 0 aliphatic heterocycles. The van der Waals surface area contributed by atoms with Gasteiger partial charge in [-0.15, -0.1) is 0 Å². The van der Waals surface area contributed by atoms with Crippen LogP contribution >= 0.6 is 0 Å². The monoisotopic (exact) mass is 235 g/mol. The van der Waals surface area contributed by atoms with Crippen molar-refractivity contribution in [1.29, 1.82) is 0 Å². The Morgan fingerprint density at radius 2 is 2.06 bits per heavy atom. The molecular formula is C14H18FNO. The molecule has 92 valence electrons. The second kappa shape index (κ2) is 4.88. The Morgan fingerprint density at radius 1 is 1.29 bits per heavy atom. The van der Waals surface area contributed by atoms with Crippen molar-refractivity contribution in [2.45, 2.75) is 33.4 Å². The molecule has 1 heterocycles. The maximum absolute atomic E-state index is 13.3. The van der Waals surface area contributed by atoms with Gasteiger partial charge in [0.15, 0.2) is 0 Å². The van der Waals surface area contributed by atoms with Gasteiger partial charge in [0.2, 0.25) is 0 Å². The van der Waals surface area contributed by atoms with Crippen LogP contribution in [0.15, 0.2) is 24.3 Å². The van der Waals surface area contributed by atoms with Crippen molar-refractivity contribution in [2.75, 3.05) is 6.61 Å². The van der Waals surface area contributed by atoms with Crippen LogP contribution in [0.2, 0.25) is 0 Å². The molecule has 2 aromatic rings. The molecule has 0 aliphatic rings. The molecule has 0 aliphatic carbocycles. The van der Waals surface area contributed by atoms with Crippen LogP contribution < -0.4 is 0 Å². The fraction of sp³-hybridized carbons (Fsp3) is 0.429. The lowest BCUT2D eigenvalue weighted by atomic mass is 10.2. The third-order valence-electron chi connectivity index (χ3n) is 2.85. The zero-order chi connectivity index (χ0) is 12.4. The van der Waals surface area contributed by atoms with Crippen LogP contribution in [0.3, 0.4) is 0 Å². The van der Waals surface area contributed by atoms with Crippen molar-refractivity contribution in [2.24, 2.45) is 0 Å². The third-order valence-corrected chi connectivity index (χ3v) is 2.85. The molecular weight excluding hydrogens is 217 g/mol. The van der Waals surface area contributed by atoms with E-state index in [2.05, 4.69) is 24.5 Å². The summed E-state index contributed by atoms with van der Waals surface area (Å²) in [6.45, 7) is 7.43. The van der Waals surface area contributed by atoms with Crippen molar-refractivity contribution < 1.29 is 9.13 Å². The summed E-state index contributed by atoms with van der Waals surface area (Å²) in [6.07, 6.45) is 0. The molecule has 0 radical (unpaired) electrons. The van der Waals surface area contributed by atoms with Crippen LogP contribution in [0.5, 0.6) is 0 Å². The molecule has 3 heteroatoms. The first kappa shape index (κ1) is 12.1. The van der Waals surface area contributed by atoms with Gasteiger partial charge in [-0.3, -0.25) is 0 Å². The highest BCUT2D eigenvalue weighted by molar-refractivity contribution is 5.81. The van der Waals surface area contributed by atoms with E-state index in [1.54, 1.807) is 6.07 Å². The summed E-state index contributed by atoms with van der Waals surface area (Å²) in [5.74, 6) is -0.194. The minimum Gasteiger partial charge on any atom is -0.376 e. The number of hydrogen-bond donors (Lipinski definition) is 0. The van der Waals surface area contributed by atoms with E-state index in [9.17, 15) is 4.39 Å². The predicted octanol–water partition coefficient (Wildman–Crippen LogP) is 3.90. The predicted molar refractivity (Wildman–Crippen MR) is 67.6 cm³/mol. The summed E-state index contributed by atoms with van der Waals surface area (Å²) in [5, 5.41) is 1.06. The second-order valence-electron chi connectivity index (χ2n) is 4.44. The van der Waals surface area contributed by atoms with Gasteiger partial charge >= 0.3 is 0 Å². The van der Waals surface area contributed by atoms with Gasteiger partial charge in [0.1, 0.15) is 5.82 Å². The Kier molecular flexibility index (Phi) is 3.48. The molecule has 1 aromatic heterocycles. The zero-order valence-electron chi connectivity index (χ0n) is 10.5. The number of hydrogen-bond acceptors (Lipinski definition) is 1. The van der Waals surface area contributed by atoms with Gasteiger partial charge in [-0.25, -0.2) is 4.39 Å². The molecule has 0 unspecified atom stereocenters. The molecule has 0 atom stereocenters. The average molecular weight is 235 g/mol. The van der Waals surface area contributed by atoms with Crippen LogP contribution in [-0.2, 0) is 11.3 Å². The normalized spacial score (nSPS) is 11.6. The van der Waals surface area contributed by atoms with Crippen molar-refractivity contribution in [3.05, 3.63) is 35.8 Å². The summed E-state index contributed by atoms with van der Waals surface area (Å²) in [5.41, 5.74) is 2.04.